The van der Waals surface area contributed by atoms with E-state index in [1.54, 1.807) is 0 Å². The highest BCUT2D eigenvalue weighted by molar-refractivity contribution is 4.50. The third kappa shape index (κ3) is 22.5. The summed E-state index contributed by atoms with van der Waals surface area (Å²) in [6.07, 6.45) is 26.2. The summed E-state index contributed by atoms with van der Waals surface area (Å²) in [5, 5.41) is 0. The lowest BCUT2D eigenvalue weighted by molar-refractivity contribution is -0.900. The first kappa shape index (κ1) is 28.6. The summed E-state index contributed by atoms with van der Waals surface area (Å²) in [6, 6.07) is 0. The molecule has 1 nitrogen and oxygen atoms in total. The molecule has 0 amide bonds. The molecule has 0 saturated carbocycles. The van der Waals surface area contributed by atoms with Crippen LogP contribution in [-0.4, -0.2) is 19.6 Å². The fourth-order valence-corrected chi connectivity index (χ4v) is 4.01. The quantitative estimate of drug-likeness (QED) is 0.261. The predicted molar refractivity (Wildman–Crippen MR) is 116 cm³/mol. The maximum absolute atomic E-state index is 2.32. The van der Waals surface area contributed by atoms with Crippen LogP contribution in [0.15, 0.2) is 0 Å². The monoisotopic (exact) mass is 433 g/mol. The van der Waals surface area contributed by atoms with E-state index in [1.165, 1.54) is 135 Å². The van der Waals surface area contributed by atoms with Crippen LogP contribution in [0.25, 0.3) is 0 Å². The van der Waals surface area contributed by atoms with E-state index in [-0.39, 0.29) is 17.0 Å². The predicted octanol–water partition coefficient (Wildman–Crippen LogP) is 3.96. The Morgan fingerprint density at radius 2 is 0.654 bits per heavy atom. The molecule has 0 atom stereocenters. The van der Waals surface area contributed by atoms with Crippen molar-refractivity contribution in [3.8, 4) is 0 Å². The van der Waals surface area contributed by atoms with Gasteiger partial charge in [0.2, 0.25) is 0 Å². The Bertz CT molecular complexity index is 226. The molecule has 0 aliphatic heterocycles. The van der Waals surface area contributed by atoms with Crippen molar-refractivity contribution in [3.05, 3.63) is 0 Å². The highest BCUT2D eigenvalue weighted by Crippen LogP contribution is 2.13. The van der Waals surface area contributed by atoms with Crippen LogP contribution in [0.1, 0.15) is 136 Å². The summed E-state index contributed by atoms with van der Waals surface area (Å²) in [7, 11) is 0. The molecule has 0 aromatic rings. The first-order valence-electron chi connectivity index (χ1n) is 12.2. The largest absolute Gasteiger partial charge is 1.00 e. The van der Waals surface area contributed by atoms with Gasteiger partial charge in [-0.2, -0.15) is 0 Å². The number of rotatable bonds is 21. The molecule has 0 fully saturated rings. The van der Waals surface area contributed by atoms with Crippen LogP contribution in [0.2, 0.25) is 0 Å². The molecule has 160 valence electrons. The molecular weight excluding hydrogens is 382 g/mol. The van der Waals surface area contributed by atoms with Crippen LogP contribution in [0, 0.1) is 0 Å². The Kier molecular flexibility index (Phi) is 28.0. The number of hydrogen-bond donors (Lipinski definition) is 1. The second-order valence-corrected chi connectivity index (χ2v) is 8.30. The molecule has 0 rings (SSSR count). The van der Waals surface area contributed by atoms with Gasteiger partial charge in [0, 0.05) is 0 Å². The average Bonchev–Trinajstić information content (AvgIpc) is 2.61. The molecule has 1 N–H and O–H groups in total. The summed E-state index contributed by atoms with van der Waals surface area (Å²) in [5.74, 6) is 0. The molecular formula is C24H52BrN. The fourth-order valence-electron chi connectivity index (χ4n) is 4.01. The molecule has 0 radical (unpaired) electrons. The second kappa shape index (κ2) is 25.4. The van der Waals surface area contributed by atoms with Crippen molar-refractivity contribution in [2.24, 2.45) is 0 Å². The number of nitrogens with one attached hydrogen (secondary N) is 1. The van der Waals surface area contributed by atoms with Gasteiger partial charge in [0.15, 0.2) is 0 Å². The third-order valence-electron chi connectivity index (χ3n) is 5.59. The molecule has 0 unspecified atom stereocenters. The lowest BCUT2D eigenvalue weighted by Gasteiger charge is -2.17. The number of hydrogen-bond acceptors (Lipinski definition) is 0. The van der Waals surface area contributed by atoms with Crippen molar-refractivity contribution >= 4 is 0 Å². The summed E-state index contributed by atoms with van der Waals surface area (Å²) < 4.78 is 0. The molecule has 0 aliphatic carbocycles. The first-order valence-corrected chi connectivity index (χ1v) is 12.2. The zero-order valence-electron chi connectivity index (χ0n) is 18.7. The zero-order valence-corrected chi connectivity index (χ0v) is 20.3. The van der Waals surface area contributed by atoms with Gasteiger partial charge in [-0.3, -0.25) is 0 Å². The number of quaternary nitrogens is 1. The number of unbranched alkanes of at least 4 members (excludes halogenated alkanes) is 15. The van der Waals surface area contributed by atoms with Crippen LogP contribution >= 0.6 is 0 Å². The molecule has 0 saturated heterocycles. The van der Waals surface area contributed by atoms with Gasteiger partial charge >= 0.3 is 0 Å². The summed E-state index contributed by atoms with van der Waals surface area (Å²) in [5.41, 5.74) is 0. The van der Waals surface area contributed by atoms with Gasteiger partial charge < -0.3 is 21.9 Å². The van der Waals surface area contributed by atoms with Gasteiger partial charge in [0.25, 0.3) is 0 Å². The molecule has 0 heterocycles. The van der Waals surface area contributed by atoms with Gasteiger partial charge in [0.05, 0.1) is 19.6 Å². The van der Waals surface area contributed by atoms with Crippen LogP contribution in [-0.2, 0) is 0 Å². The Labute approximate surface area is 177 Å². The van der Waals surface area contributed by atoms with Crippen molar-refractivity contribution in [1.82, 2.24) is 0 Å². The van der Waals surface area contributed by atoms with E-state index >= 15 is 0 Å². The van der Waals surface area contributed by atoms with E-state index in [2.05, 4.69) is 20.8 Å². The third-order valence-corrected chi connectivity index (χ3v) is 5.59. The van der Waals surface area contributed by atoms with Gasteiger partial charge in [-0.1, -0.05) is 111 Å². The topological polar surface area (TPSA) is 4.44 Å². The van der Waals surface area contributed by atoms with Crippen molar-refractivity contribution < 1.29 is 21.9 Å². The Morgan fingerprint density at radius 3 is 0.962 bits per heavy atom. The normalized spacial score (nSPS) is 11.1. The molecule has 0 aliphatic rings. The summed E-state index contributed by atoms with van der Waals surface area (Å²) in [4.78, 5) is 1.84. The highest BCUT2D eigenvalue weighted by Gasteiger charge is 2.04. The van der Waals surface area contributed by atoms with E-state index in [0.29, 0.717) is 0 Å². The SMILES string of the molecule is CCCCCCCCCCCCCCCCCC[NH+](CCC)CCC.[Br-]. The van der Waals surface area contributed by atoms with Crippen molar-refractivity contribution in [2.75, 3.05) is 19.6 Å². The van der Waals surface area contributed by atoms with E-state index in [9.17, 15) is 0 Å². The second-order valence-electron chi connectivity index (χ2n) is 8.30. The van der Waals surface area contributed by atoms with Crippen molar-refractivity contribution in [3.63, 3.8) is 0 Å². The Morgan fingerprint density at radius 1 is 0.346 bits per heavy atom. The molecule has 0 aromatic heterocycles. The lowest BCUT2D eigenvalue weighted by atomic mass is 10.0. The smallest absolute Gasteiger partial charge is 0.0770 e. The summed E-state index contributed by atoms with van der Waals surface area (Å²) >= 11 is 0. The maximum Gasteiger partial charge on any atom is 0.0770 e. The molecule has 0 aromatic carbocycles. The van der Waals surface area contributed by atoms with Gasteiger partial charge in [0.1, 0.15) is 0 Å². The minimum atomic E-state index is 0. The van der Waals surface area contributed by atoms with E-state index in [0.717, 1.165) is 0 Å². The Balaban J connectivity index is 0. The highest BCUT2D eigenvalue weighted by atomic mass is 79.9. The fraction of sp³-hybridized carbons (Fsp3) is 1.00. The molecule has 0 bridgehead atoms. The zero-order chi connectivity index (χ0) is 18.4. The van der Waals surface area contributed by atoms with Crippen LogP contribution in [0.3, 0.4) is 0 Å². The molecule has 26 heavy (non-hydrogen) atoms. The Hall–Kier alpha value is 0.440. The average molecular weight is 435 g/mol. The van der Waals surface area contributed by atoms with E-state index < -0.39 is 0 Å². The maximum atomic E-state index is 2.32. The summed E-state index contributed by atoms with van der Waals surface area (Å²) in [6.45, 7) is 11.1. The minimum Gasteiger partial charge on any atom is -1.00 e. The standard InChI is InChI=1S/C24H51N.BrH/c1-4-7-8-9-10-11-12-13-14-15-16-17-18-19-20-21-24-25(22-5-2)23-6-3;/h4-24H2,1-3H3;1H. The van der Waals surface area contributed by atoms with Gasteiger partial charge in [-0.05, 0) is 25.7 Å². The van der Waals surface area contributed by atoms with E-state index in [4.69, 9.17) is 0 Å². The number of halogens is 1. The molecule has 0 spiro atoms. The van der Waals surface area contributed by atoms with Gasteiger partial charge in [-0.15, -0.1) is 0 Å². The molecule has 2 heteroatoms. The minimum absolute atomic E-state index is 0. The van der Waals surface area contributed by atoms with E-state index in [1.807, 2.05) is 4.90 Å². The van der Waals surface area contributed by atoms with Gasteiger partial charge in [-0.25, -0.2) is 0 Å². The van der Waals surface area contributed by atoms with Crippen LogP contribution < -0.4 is 21.9 Å². The van der Waals surface area contributed by atoms with Crippen LogP contribution in [0.5, 0.6) is 0 Å². The van der Waals surface area contributed by atoms with Crippen molar-refractivity contribution in [2.45, 2.75) is 136 Å². The first-order chi connectivity index (χ1) is 12.3. The van der Waals surface area contributed by atoms with Crippen LogP contribution in [0.4, 0.5) is 0 Å². The lowest BCUT2D eigenvalue weighted by Crippen LogP contribution is -3.12. The van der Waals surface area contributed by atoms with Crippen molar-refractivity contribution in [1.29, 1.82) is 0 Å².